The van der Waals surface area contributed by atoms with E-state index in [1.54, 1.807) is 6.92 Å². The SMILES string of the molecule is CC.CC.CCCOCCOCCOCCC(C)=O. The molecular weight excluding hydrogens is 244 g/mol. The van der Waals surface area contributed by atoms with Crippen LogP contribution in [0.5, 0.6) is 0 Å². The van der Waals surface area contributed by atoms with E-state index in [0.717, 1.165) is 13.0 Å². The predicted molar refractivity (Wildman–Crippen MR) is 80.7 cm³/mol. The minimum absolute atomic E-state index is 0.156. The molecule has 0 saturated carbocycles. The molecule has 19 heavy (non-hydrogen) atoms. The van der Waals surface area contributed by atoms with Crippen molar-refractivity contribution >= 4 is 5.78 Å². The lowest BCUT2D eigenvalue weighted by Gasteiger charge is -2.05. The van der Waals surface area contributed by atoms with E-state index in [-0.39, 0.29) is 5.78 Å². The second-order valence-corrected chi connectivity index (χ2v) is 3.29. The maximum atomic E-state index is 10.6. The fourth-order valence-corrected chi connectivity index (χ4v) is 0.902. The van der Waals surface area contributed by atoms with Gasteiger partial charge in [-0.25, -0.2) is 0 Å². The van der Waals surface area contributed by atoms with Gasteiger partial charge in [-0.05, 0) is 13.3 Å². The van der Waals surface area contributed by atoms with Gasteiger partial charge in [0.1, 0.15) is 5.78 Å². The lowest BCUT2D eigenvalue weighted by Crippen LogP contribution is -2.10. The quantitative estimate of drug-likeness (QED) is 0.543. The summed E-state index contributed by atoms with van der Waals surface area (Å²) in [4.78, 5) is 10.6. The van der Waals surface area contributed by atoms with Crippen molar-refractivity contribution in [2.45, 2.75) is 54.4 Å². The highest BCUT2D eigenvalue weighted by Crippen LogP contribution is 1.86. The Bertz CT molecular complexity index is 149. The van der Waals surface area contributed by atoms with Gasteiger partial charge in [0.2, 0.25) is 0 Å². The van der Waals surface area contributed by atoms with Crippen molar-refractivity contribution in [3.63, 3.8) is 0 Å². The average molecular weight is 278 g/mol. The first-order chi connectivity index (χ1) is 9.27. The van der Waals surface area contributed by atoms with Gasteiger partial charge in [0.25, 0.3) is 0 Å². The first kappa shape index (κ1) is 23.6. The van der Waals surface area contributed by atoms with Crippen molar-refractivity contribution in [1.82, 2.24) is 0 Å². The van der Waals surface area contributed by atoms with Crippen molar-refractivity contribution in [1.29, 1.82) is 0 Å². The van der Waals surface area contributed by atoms with Gasteiger partial charge in [0.15, 0.2) is 0 Å². The summed E-state index contributed by atoms with van der Waals surface area (Å²) < 4.78 is 15.7. The molecule has 4 heteroatoms. The van der Waals surface area contributed by atoms with Gasteiger partial charge < -0.3 is 14.2 Å². The molecule has 0 aliphatic carbocycles. The monoisotopic (exact) mass is 278 g/mol. The van der Waals surface area contributed by atoms with Crippen molar-refractivity contribution in [3.05, 3.63) is 0 Å². The third kappa shape index (κ3) is 31.8. The number of carbonyl (C=O) groups excluding carboxylic acids is 1. The molecule has 0 N–H and O–H groups in total. The van der Waals surface area contributed by atoms with Crippen LogP contribution in [-0.4, -0.2) is 45.4 Å². The molecule has 0 radical (unpaired) electrons. The van der Waals surface area contributed by atoms with Crippen LogP contribution in [0.1, 0.15) is 54.4 Å². The van der Waals surface area contributed by atoms with Gasteiger partial charge in [0.05, 0.1) is 33.0 Å². The van der Waals surface area contributed by atoms with E-state index >= 15 is 0 Å². The third-order valence-electron chi connectivity index (χ3n) is 1.69. The Balaban J connectivity index is -0.000000579. The van der Waals surface area contributed by atoms with Gasteiger partial charge in [0, 0.05) is 13.0 Å². The van der Waals surface area contributed by atoms with Crippen LogP contribution >= 0.6 is 0 Å². The molecule has 118 valence electrons. The largest absolute Gasteiger partial charge is 0.379 e. The zero-order chi connectivity index (χ0) is 15.4. The number of hydrogen-bond donors (Lipinski definition) is 0. The smallest absolute Gasteiger partial charge is 0.132 e. The second kappa shape index (κ2) is 26.2. The molecule has 4 nitrogen and oxygen atoms in total. The molecule has 0 amide bonds. The molecule has 0 rings (SSSR count). The Hall–Kier alpha value is -0.450. The summed E-state index contributed by atoms with van der Waals surface area (Å²) in [6.45, 7) is 15.3. The Kier molecular flexibility index (Phi) is 32.6. The van der Waals surface area contributed by atoms with Crippen LogP contribution in [-0.2, 0) is 19.0 Å². The first-order valence-corrected chi connectivity index (χ1v) is 7.50. The van der Waals surface area contributed by atoms with Gasteiger partial charge in [-0.1, -0.05) is 34.6 Å². The highest BCUT2D eigenvalue weighted by atomic mass is 16.5. The minimum atomic E-state index is 0.156. The van der Waals surface area contributed by atoms with Crippen molar-refractivity contribution in [3.8, 4) is 0 Å². The summed E-state index contributed by atoms with van der Waals surface area (Å²) in [7, 11) is 0. The maximum absolute atomic E-state index is 10.6. The van der Waals surface area contributed by atoms with Crippen LogP contribution in [0.15, 0.2) is 0 Å². The van der Waals surface area contributed by atoms with E-state index in [9.17, 15) is 4.79 Å². The summed E-state index contributed by atoms with van der Waals surface area (Å²) in [5, 5.41) is 0. The molecule has 0 aliphatic rings. The molecule has 0 aromatic carbocycles. The van der Waals surface area contributed by atoms with Crippen LogP contribution in [0.25, 0.3) is 0 Å². The van der Waals surface area contributed by atoms with E-state index < -0.39 is 0 Å². The summed E-state index contributed by atoms with van der Waals surface area (Å²) in [5.41, 5.74) is 0. The van der Waals surface area contributed by atoms with E-state index in [1.165, 1.54) is 0 Å². The van der Waals surface area contributed by atoms with Crippen LogP contribution in [0.3, 0.4) is 0 Å². The summed E-state index contributed by atoms with van der Waals surface area (Å²) >= 11 is 0. The molecule has 0 saturated heterocycles. The van der Waals surface area contributed by atoms with Crippen molar-refractivity contribution in [2.75, 3.05) is 39.6 Å². The van der Waals surface area contributed by atoms with Crippen LogP contribution in [0, 0.1) is 0 Å². The van der Waals surface area contributed by atoms with E-state index in [0.29, 0.717) is 39.5 Å². The van der Waals surface area contributed by atoms with Gasteiger partial charge in [-0.2, -0.15) is 0 Å². The summed E-state index contributed by atoms with van der Waals surface area (Å²) in [6.07, 6.45) is 1.52. The zero-order valence-corrected chi connectivity index (χ0v) is 13.8. The highest BCUT2D eigenvalue weighted by Gasteiger charge is 1.93. The molecule has 0 fully saturated rings. The lowest BCUT2D eigenvalue weighted by atomic mass is 10.3. The Morgan fingerprint density at radius 2 is 1.11 bits per heavy atom. The Morgan fingerprint density at radius 3 is 1.47 bits per heavy atom. The van der Waals surface area contributed by atoms with Crippen molar-refractivity contribution in [2.24, 2.45) is 0 Å². The van der Waals surface area contributed by atoms with E-state index in [1.807, 2.05) is 27.7 Å². The molecule has 0 aliphatic heterocycles. The average Bonchev–Trinajstić information content (AvgIpc) is 2.45. The third-order valence-corrected chi connectivity index (χ3v) is 1.69. The fourth-order valence-electron chi connectivity index (χ4n) is 0.902. The molecule has 0 aromatic rings. The summed E-state index contributed by atoms with van der Waals surface area (Å²) in [6, 6.07) is 0. The Labute approximate surface area is 119 Å². The Morgan fingerprint density at radius 1 is 0.737 bits per heavy atom. The number of rotatable bonds is 11. The maximum Gasteiger partial charge on any atom is 0.132 e. The number of ether oxygens (including phenoxy) is 3. The standard InChI is InChI=1S/C11H22O4.2C2H6/c1-3-5-13-7-9-15-10-8-14-6-4-11(2)12;2*1-2/h3-10H2,1-2H3;2*1-2H3. The highest BCUT2D eigenvalue weighted by molar-refractivity contribution is 5.75. The molecule has 0 atom stereocenters. The predicted octanol–water partition coefficient (Wildman–Crippen LogP) is 3.48. The normalized spacial score (nSPS) is 8.95. The first-order valence-electron chi connectivity index (χ1n) is 7.50. The van der Waals surface area contributed by atoms with Gasteiger partial charge in [-0.3, -0.25) is 4.79 Å². The van der Waals surface area contributed by atoms with Crippen LogP contribution in [0.2, 0.25) is 0 Å². The topological polar surface area (TPSA) is 44.8 Å². The molecule has 0 bridgehead atoms. The summed E-state index contributed by atoms with van der Waals surface area (Å²) in [5.74, 6) is 0.156. The van der Waals surface area contributed by atoms with Crippen LogP contribution in [0.4, 0.5) is 0 Å². The number of hydrogen-bond acceptors (Lipinski definition) is 4. The number of Topliss-reactive ketones (excluding diaryl/α,β-unsaturated/α-hetero) is 1. The minimum Gasteiger partial charge on any atom is -0.379 e. The van der Waals surface area contributed by atoms with Crippen LogP contribution < -0.4 is 0 Å². The van der Waals surface area contributed by atoms with Crippen molar-refractivity contribution < 1.29 is 19.0 Å². The lowest BCUT2D eigenvalue weighted by molar-refractivity contribution is -0.118. The van der Waals surface area contributed by atoms with Gasteiger partial charge in [-0.15, -0.1) is 0 Å². The fraction of sp³-hybridized carbons (Fsp3) is 0.933. The number of ketones is 1. The van der Waals surface area contributed by atoms with E-state index in [2.05, 4.69) is 6.92 Å². The van der Waals surface area contributed by atoms with E-state index in [4.69, 9.17) is 14.2 Å². The molecule has 0 unspecified atom stereocenters. The molecule has 0 heterocycles. The second-order valence-electron chi connectivity index (χ2n) is 3.29. The molecule has 0 aromatic heterocycles. The molecule has 0 spiro atoms. The zero-order valence-electron chi connectivity index (χ0n) is 13.8. The van der Waals surface area contributed by atoms with Gasteiger partial charge >= 0.3 is 0 Å². The number of carbonyl (C=O) groups is 1. The molecular formula is C15H34O4.